The van der Waals surface area contributed by atoms with Gasteiger partial charge in [-0.15, -0.1) is 0 Å². The van der Waals surface area contributed by atoms with E-state index < -0.39 is 5.97 Å². The summed E-state index contributed by atoms with van der Waals surface area (Å²) >= 11 is 0. The highest BCUT2D eigenvalue weighted by Gasteiger charge is 2.13. The van der Waals surface area contributed by atoms with Gasteiger partial charge in [0.25, 0.3) is 0 Å². The molecular weight excluding hydrogens is 322 g/mol. The van der Waals surface area contributed by atoms with E-state index in [0.717, 1.165) is 22.4 Å². The Bertz CT molecular complexity index is 873. The molecule has 0 aliphatic heterocycles. The van der Waals surface area contributed by atoms with Crippen molar-refractivity contribution in [2.75, 3.05) is 7.11 Å². The predicted molar refractivity (Wildman–Crippen MR) is 105 cm³/mol. The molecule has 0 fully saturated rings. The second-order valence-electron chi connectivity index (χ2n) is 5.62. The number of ether oxygens (including phenoxy) is 1. The summed E-state index contributed by atoms with van der Waals surface area (Å²) in [5, 5.41) is 0. The van der Waals surface area contributed by atoms with Crippen LogP contribution in [0.3, 0.4) is 0 Å². The maximum Gasteiger partial charge on any atom is 0.356 e. The monoisotopic (exact) mass is 341 g/mol. The van der Waals surface area contributed by atoms with E-state index in [1.807, 2.05) is 91.0 Å². The van der Waals surface area contributed by atoms with Gasteiger partial charge in [0.2, 0.25) is 0 Å². The minimum Gasteiger partial charge on any atom is -0.464 e. The van der Waals surface area contributed by atoms with Crippen molar-refractivity contribution in [1.82, 2.24) is 0 Å². The molecule has 0 aliphatic rings. The van der Waals surface area contributed by atoms with Gasteiger partial charge in [0.05, 0.1) is 12.8 Å². The maximum absolute atomic E-state index is 12.3. The van der Waals surface area contributed by atoms with Gasteiger partial charge in [-0.2, -0.15) is 0 Å². The van der Waals surface area contributed by atoms with Crippen LogP contribution in [0.2, 0.25) is 0 Å². The number of methoxy groups -OCH3 is 1. The van der Waals surface area contributed by atoms with Gasteiger partial charge in [0, 0.05) is 11.1 Å². The number of benzene rings is 3. The molecule has 0 N–H and O–H groups in total. The van der Waals surface area contributed by atoms with Gasteiger partial charge in [-0.3, -0.25) is 0 Å². The van der Waals surface area contributed by atoms with Crippen molar-refractivity contribution < 1.29 is 9.53 Å². The van der Waals surface area contributed by atoms with Crippen molar-refractivity contribution in [3.63, 3.8) is 0 Å². The molecule has 3 aromatic carbocycles. The molecule has 0 spiro atoms. The predicted octanol–water partition coefficient (Wildman–Crippen LogP) is 4.74. The molecule has 128 valence electrons. The number of esters is 1. The van der Waals surface area contributed by atoms with E-state index in [-0.39, 0.29) is 5.70 Å². The highest BCUT2D eigenvalue weighted by molar-refractivity contribution is 6.15. The molecule has 0 aliphatic carbocycles. The van der Waals surface area contributed by atoms with Crippen LogP contribution in [0, 0.1) is 0 Å². The Morgan fingerprint density at radius 3 is 1.69 bits per heavy atom. The van der Waals surface area contributed by atoms with Gasteiger partial charge >= 0.3 is 5.97 Å². The molecule has 0 radical (unpaired) electrons. The highest BCUT2D eigenvalue weighted by atomic mass is 16.5. The zero-order valence-corrected chi connectivity index (χ0v) is 14.5. The SMILES string of the molecule is COC(=O)/C(=C\c1ccccc1)N=C(c1ccccc1)c1ccccc1. The summed E-state index contributed by atoms with van der Waals surface area (Å²) in [5.74, 6) is -0.474. The van der Waals surface area contributed by atoms with Crippen LogP contribution in [0.15, 0.2) is 102 Å². The third-order valence-corrected chi connectivity index (χ3v) is 3.82. The van der Waals surface area contributed by atoms with Crippen molar-refractivity contribution in [2.24, 2.45) is 4.99 Å². The molecule has 3 rings (SSSR count). The second kappa shape index (κ2) is 8.58. The molecule has 26 heavy (non-hydrogen) atoms. The van der Waals surface area contributed by atoms with E-state index in [1.165, 1.54) is 7.11 Å². The fraction of sp³-hybridized carbons (Fsp3) is 0.0435. The van der Waals surface area contributed by atoms with Crippen LogP contribution in [0.4, 0.5) is 0 Å². The Morgan fingerprint density at radius 2 is 1.23 bits per heavy atom. The lowest BCUT2D eigenvalue weighted by molar-refractivity contribution is -0.136. The first-order valence-electron chi connectivity index (χ1n) is 8.32. The first-order chi connectivity index (χ1) is 12.8. The summed E-state index contributed by atoms with van der Waals surface area (Å²) in [6.07, 6.45) is 1.73. The Labute approximate surface area is 153 Å². The molecule has 0 bridgehead atoms. The first kappa shape index (κ1) is 17.4. The van der Waals surface area contributed by atoms with Crippen molar-refractivity contribution >= 4 is 17.8 Å². The topological polar surface area (TPSA) is 38.7 Å². The lowest BCUT2D eigenvalue weighted by Gasteiger charge is -2.09. The molecule has 0 saturated heterocycles. The molecule has 0 aromatic heterocycles. The number of aliphatic imine (C=N–C) groups is 1. The van der Waals surface area contributed by atoms with Crippen LogP contribution in [0.25, 0.3) is 6.08 Å². The van der Waals surface area contributed by atoms with Crippen LogP contribution in [0.1, 0.15) is 16.7 Å². The summed E-state index contributed by atoms with van der Waals surface area (Å²) in [5.41, 5.74) is 3.72. The van der Waals surface area contributed by atoms with Gasteiger partial charge < -0.3 is 4.74 Å². The largest absolute Gasteiger partial charge is 0.464 e. The standard InChI is InChI=1S/C23H19NO2/c1-26-23(25)21(17-18-11-5-2-6-12-18)24-22(19-13-7-3-8-14-19)20-15-9-4-10-16-20/h2-17H,1H3/b21-17+. The molecule has 0 atom stereocenters. The summed E-state index contributed by atoms with van der Waals surface area (Å²) in [7, 11) is 1.36. The fourth-order valence-corrected chi connectivity index (χ4v) is 2.56. The molecular formula is C23H19NO2. The third kappa shape index (κ3) is 4.33. The summed E-state index contributed by atoms with van der Waals surface area (Å²) < 4.78 is 4.94. The maximum atomic E-state index is 12.3. The summed E-state index contributed by atoms with van der Waals surface area (Å²) in [4.78, 5) is 17.0. The highest BCUT2D eigenvalue weighted by Crippen LogP contribution is 2.16. The van der Waals surface area contributed by atoms with E-state index in [1.54, 1.807) is 6.08 Å². The van der Waals surface area contributed by atoms with E-state index in [0.29, 0.717) is 0 Å². The van der Waals surface area contributed by atoms with Gasteiger partial charge in [-0.1, -0.05) is 91.0 Å². The first-order valence-corrected chi connectivity index (χ1v) is 8.32. The normalized spacial score (nSPS) is 10.9. The number of hydrogen-bond donors (Lipinski definition) is 0. The van der Waals surface area contributed by atoms with Gasteiger partial charge in [-0.05, 0) is 11.6 Å². The fourth-order valence-electron chi connectivity index (χ4n) is 2.56. The smallest absolute Gasteiger partial charge is 0.356 e. The zero-order valence-electron chi connectivity index (χ0n) is 14.5. The van der Waals surface area contributed by atoms with Crippen molar-refractivity contribution in [1.29, 1.82) is 0 Å². The number of rotatable bonds is 5. The van der Waals surface area contributed by atoms with E-state index in [2.05, 4.69) is 4.99 Å². The second-order valence-corrected chi connectivity index (χ2v) is 5.62. The molecule has 3 nitrogen and oxygen atoms in total. The Morgan fingerprint density at radius 1 is 0.769 bits per heavy atom. The van der Waals surface area contributed by atoms with Crippen LogP contribution in [-0.2, 0) is 9.53 Å². The lowest BCUT2D eigenvalue weighted by Crippen LogP contribution is -2.09. The van der Waals surface area contributed by atoms with Crippen molar-refractivity contribution in [3.05, 3.63) is 113 Å². The lowest BCUT2D eigenvalue weighted by atomic mass is 10.0. The number of nitrogens with zero attached hydrogens (tertiary/aromatic N) is 1. The van der Waals surface area contributed by atoms with Crippen LogP contribution in [-0.4, -0.2) is 18.8 Å². The van der Waals surface area contributed by atoms with E-state index in [4.69, 9.17) is 4.74 Å². The summed E-state index contributed by atoms with van der Waals surface area (Å²) in [6, 6.07) is 29.2. The minimum atomic E-state index is -0.474. The van der Waals surface area contributed by atoms with Crippen LogP contribution in [0.5, 0.6) is 0 Å². The Kier molecular flexibility index (Phi) is 5.73. The van der Waals surface area contributed by atoms with Crippen molar-refractivity contribution in [3.8, 4) is 0 Å². The number of hydrogen-bond acceptors (Lipinski definition) is 3. The molecule has 3 heteroatoms. The Balaban J connectivity index is 2.15. The van der Waals surface area contributed by atoms with Crippen LogP contribution >= 0.6 is 0 Å². The molecule has 0 saturated carbocycles. The van der Waals surface area contributed by atoms with Gasteiger partial charge in [-0.25, -0.2) is 9.79 Å². The quantitative estimate of drug-likeness (QED) is 0.382. The van der Waals surface area contributed by atoms with E-state index >= 15 is 0 Å². The zero-order chi connectivity index (χ0) is 18.2. The molecule has 3 aromatic rings. The van der Waals surface area contributed by atoms with E-state index in [9.17, 15) is 4.79 Å². The van der Waals surface area contributed by atoms with Crippen molar-refractivity contribution in [2.45, 2.75) is 0 Å². The number of carbonyl (C=O) groups is 1. The average molecular weight is 341 g/mol. The third-order valence-electron chi connectivity index (χ3n) is 3.82. The minimum absolute atomic E-state index is 0.251. The molecule has 0 amide bonds. The number of carbonyl (C=O) groups excluding carboxylic acids is 1. The summed E-state index contributed by atoms with van der Waals surface area (Å²) in [6.45, 7) is 0. The average Bonchev–Trinajstić information content (AvgIpc) is 2.72. The molecule has 0 heterocycles. The van der Waals surface area contributed by atoms with Crippen LogP contribution < -0.4 is 0 Å². The van der Waals surface area contributed by atoms with Gasteiger partial charge in [0.15, 0.2) is 0 Å². The van der Waals surface area contributed by atoms with Gasteiger partial charge in [0.1, 0.15) is 5.70 Å². The Hall–Kier alpha value is -3.46. The molecule has 0 unspecified atom stereocenters.